The van der Waals surface area contributed by atoms with Gasteiger partial charge in [-0.3, -0.25) is 0 Å². The lowest BCUT2D eigenvalue weighted by molar-refractivity contribution is 0.542. The highest BCUT2D eigenvalue weighted by Gasteiger charge is 2.14. The average molecular weight is 396 g/mol. The zero-order valence-electron chi connectivity index (χ0n) is 14.6. The van der Waals surface area contributed by atoms with E-state index in [1.54, 1.807) is 6.21 Å². The number of nitriles is 1. The van der Waals surface area contributed by atoms with E-state index in [1.165, 1.54) is 0 Å². The highest BCUT2D eigenvalue weighted by molar-refractivity contribution is 9.10. The molecule has 0 saturated carbocycles. The van der Waals surface area contributed by atoms with Crippen LogP contribution in [0.3, 0.4) is 0 Å². The van der Waals surface area contributed by atoms with Gasteiger partial charge >= 0.3 is 0 Å². The number of rotatable bonds is 3. The predicted octanol–water partition coefficient (Wildman–Crippen LogP) is 5.69. The van der Waals surface area contributed by atoms with Gasteiger partial charge in [0.2, 0.25) is 5.88 Å². The number of furan rings is 1. The number of aromatic nitrogens is 1. The first-order valence-corrected chi connectivity index (χ1v) is 8.70. The van der Waals surface area contributed by atoms with Crippen LogP contribution in [-0.2, 0) is 0 Å². The molecule has 0 unspecified atom stereocenters. The van der Waals surface area contributed by atoms with E-state index in [0.717, 1.165) is 38.4 Å². The van der Waals surface area contributed by atoms with Crippen molar-refractivity contribution in [1.29, 1.82) is 5.26 Å². The molecule has 1 aromatic carbocycles. The van der Waals surface area contributed by atoms with Gasteiger partial charge in [-0.25, -0.2) is 4.99 Å². The zero-order valence-corrected chi connectivity index (χ0v) is 16.2. The molecule has 5 heteroatoms. The quantitative estimate of drug-likeness (QED) is 0.534. The Morgan fingerprint density at radius 1 is 1.20 bits per heavy atom. The second kappa shape index (κ2) is 6.73. The summed E-state index contributed by atoms with van der Waals surface area (Å²) in [6.45, 7) is 7.83. The van der Waals surface area contributed by atoms with Crippen LogP contribution in [-0.4, -0.2) is 10.8 Å². The fourth-order valence-electron chi connectivity index (χ4n) is 2.89. The van der Waals surface area contributed by atoms with Crippen molar-refractivity contribution in [2.45, 2.75) is 27.7 Å². The minimum absolute atomic E-state index is 0.366. The Morgan fingerprint density at radius 2 is 1.96 bits per heavy atom. The van der Waals surface area contributed by atoms with Gasteiger partial charge in [0.15, 0.2) is 0 Å². The maximum atomic E-state index is 9.29. The molecular formula is C20H18BrN3O. The van der Waals surface area contributed by atoms with Gasteiger partial charge in [0.25, 0.3) is 0 Å². The van der Waals surface area contributed by atoms with E-state index in [9.17, 15) is 5.26 Å². The molecule has 0 aliphatic rings. The third-order valence-corrected chi connectivity index (χ3v) is 4.83. The van der Waals surface area contributed by atoms with Crippen LogP contribution in [0.4, 0.5) is 5.88 Å². The van der Waals surface area contributed by atoms with E-state index >= 15 is 0 Å². The number of hydrogen-bond donors (Lipinski definition) is 0. The van der Waals surface area contributed by atoms with Gasteiger partial charge in [-0.15, -0.1) is 0 Å². The summed E-state index contributed by atoms with van der Waals surface area (Å²) in [6, 6.07) is 12.4. The van der Waals surface area contributed by atoms with Crippen LogP contribution >= 0.6 is 15.9 Å². The van der Waals surface area contributed by atoms with Gasteiger partial charge in [0, 0.05) is 38.9 Å². The van der Waals surface area contributed by atoms with Gasteiger partial charge in [0.1, 0.15) is 17.4 Å². The molecule has 2 aromatic heterocycles. The second-order valence-electron chi connectivity index (χ2n) is 5.98. The van der Waals surface area contributed by atoms with Crippen LogP contribution in [0.1, 0.15) is 33.8 Å². The Bertz CT molecular complexity index is 1020. The minimum atomic E-state index is 0.366. The summed E-state index contributed by atoms with van der Waals surface area (Å²) < 4.78 is 8.81. The molecule has 0 aliphatic carbocycles. The van der Waals surface area contributed by atoms with Crippen LogP contribution in [0.25, 0.3) is 5.69 Å². The number of hydrogen-bond acceptors (Lipinski definition) is 3. The molecule has 4 nitrogen and oxygen atoms in total. The summed E-state index contributed by atoms with van der Waals surface area (Å²) >= 11 is 3.52. The van der Waals surface area contributed by atoms with Gasteiger partial charge in [-0.05, 0) is 52.0 Å². The number of benzene rings is 1. The van der Waals surface area contributed by atoms with Gasteiger partial charge in [-0.2, -0.15) is 5.26 Å². The van der Waals surface area contributed by atoms with Gasteiger partial charge in [-0.1, -0.05) is 22.0 Å². The van der Waals surface area contributed by atoms with Crippen LogP contribution < -0.4 is 0 Å². The highest BCUT2D eigenvalue weighted by Crippen LogP contribution is 2.28. The van der Waals surface area contributed by atoms with Crippen molar-refractivity contribution in [3.8, 4) is 11.8 Å². The Balaban J connectivity index is 2.02. The Hall–Kier alpha value is -2.58. The summed E-state index contributed by atoms with van der Waals surface area (Å²) in [7, 11) is 0. The van der Waals surface area contributed by atoms with E-state index in [0.29, 0.717) is 11.4 Å². The standard InChI is InChI=1S/C20H18BrN3O/c1-12-8-16(11-23-20-19(10-22)13(2)15(4)25-20)14(3)24(12)18-7-5-6-17(21)9-18/h5-9,11H,1-4H3. The van der Waals surface area contributed by atoms with Crippen molar-refractivity contribution in [1.82, 2.24) is 4.57 Å². The molecule has 0 amide bonds. The molecular weight excluding hydrogens is 378 g/mol. The molecule has 0 spiro atoms. The molecule has 3 aromatic rings. The lowest BCUT2D eigenvalue weighted by Gasteiger charge is -2.09. The van der Waals surface area contributed by atoms with Crippen molar-refractivity contribution < 1.29 is 4.42 Å². The molecule has 0 radical (unpaired) electrons. The van der Waals surface area contributed by atoms with Crippen molar-refractivity contribution in [2.75, 3.05) is 0 Å². The van der Waals surface area contributed by atoms with E-state index < -0.39 is 0 Å². The Labute approximate surface area is 155 Å². The molecule has 126 valence electrons. The largest absolute Gasteiger partial charge is 0.442 e. The van der Waals surface area contributed by atoms with Crippen LogP contribution in [0.2, 0.25) is 0 Å². The highest BCUT2D eigenvalue weighted by atomic mass is 79.9. The number of aliphatic imine (C=N–C) groups is 1. The molecule has 0 bridgehead atoms. The molecule has 2 heterocycles. The first kappa shape index (κ1) is 17.2. The van der Waals surface area contributed by atoms with Gasteiger partial charge < -0.3 is 8.98 Å². The molecule has 0 atom stereocenters. The summed E-state index contributed by atoms with van der Waals surface area (Å²) in [5, 5.41) is 9.29. The predicted molar refractivity (Wildman–Crippen MR) is 103 cm³/mol. The zero-order chi connectivity index (χ0) is 18.1. The van der Waals surface area contributed by atoms with Crippen LogP contribution in [0, 0.1) is 39.0 Å². The fraction of sp³-hybridized carbons (Fsp3) is 0.200. The second-order valence-corrected chi connectivity index (χ2v) is 6.89. The van der Waals surface area contributed by atoms with Crippen molar-refractivity contribution in [3.05, 3.63) is 68.6 Å². The summed E-state index contributed by atoms with van der Waals surface area (Å²) in [5.74, 6) is 1.09. The van der Waals surface area contributed by atoms with E-state index in [2.05, 4.69) is 63.6 Å². The summed E-state index contributed by atoms with van der Waals surface area (Å²) in [5.41, 5.74) is 5.62. The van der Waals surface area contributed by atoms with Gasteiger partial charge in [0.05, 0.1) is 0 Å². The van der Waals surface area contributed by atoms with E-state index in [-0.39, 0.29) is 0 Å². The van der Waals surface area contributed by atoms with Crippen molar-refractivity contribution in [2.24, 2.45) is 4.99 Å². The summed E-state index contributed by atoms with van der Waals surface area (Å²) in [4.78, 5) is 4.42. The molecule has 3 rings (SSSR count). The minimum Gasteiger partial charge on any atom is -0.442 e. The molecule has 0 saturated heterocycles. The molecule has 25 heavy (non-hydrogen) atoms. The SMILES string of the molecule is Cc1oc(N=Cc2cc(C)n(-c3cccc(Br)c3)c2C)c(C#N)c1C. The third-order valence-electron chi connectivity index (χ3n) is 4.34. The van der Waals surface area contributed by atoms with Crippen LogP contribution in [0.15, 0.2) is 44.2 Å². The number of aryl methyl sites for hydroxylation is 2. The maximum Gasteiger partial charge on any atom is 0.237 e. The lowest BCUT2D eigenvalue weighted by Crippen LogP contribution is -1.99. The number of nitrogens with zero attached hydrogens (tertiary/aromatic N) is 3. The molecule has 0 fully saturated rings. The number of halogens is 1. The van der Waals surface area contributed by atoms with E-state index in [4.69, 9.17) is 4.42 Å². The van der Waals surface area contributed by atoms with E-state index in [1.807, 2.05) is 26.0 Å². The van der Waals surface area contributed by atoms with Crippen molar-refractivity contribution in [3.63, 3.8) is 0 Å². The Morgan fingerprint density at radius 3 is 2.64 bits per heavy atom. The summed E-state index contributed by atoms with van der Waals surface area (Å²) in [6.07, 6.45) is 1.76. The monoisotopic (exact) mass is 395 g/mol. The first-order chi connectivity index (χ1) is 11.9. The maximum absolute atomic E-state index is 9.29. The third kappa shape index (κ3) is 3.18. The fourth-order valence-corrected chi connectivity index (χ4v) is 3.28. The normalized spacial score (nSPS) is 11.2. The van der Waals surface area contributed by atoms with Crippen molar-refractivity contribution >= 4 is 28.0 Å². The molecule has 0 N–H and O–H groups in total. The average Bonchev–Trinajstić information content (AvgIpc) is 3.01. The molecule has 0 aliphatic heterocycles. The Kier molecular flexibility index (Phi) is 4.65. The first-order valence-electron chi connectivity index (χ1n) is 7.91. The van der Waals surface area contributed by atoms with Crippen LogP contribution in [0.5, 0.6) is 0 Å². The lowest BCUT2D eigenvalue weighted by atomic mass is 10.2. The smallest absolute Gasteiger partial charge is 0.237 e. The topological polar surface area (TPSA) is 54.2 Å².